The quantitative estimate of drug-likeness (QED) is 0.247. The molecule has 208 valence electrons. The van der Waals surface area contributed by atoms with E-state index in [-0.39, 0.29) is 23.7 Å². The molecule has 4 rings (SSSR count). The van der Waals surface area contributed by atoms with E-state index in [0.29, 0.717) is 0 Å². The predicted octanol–water partition coefficient (Wildman–Crippen LogP) is 9.47. The van der Waals surface area contributed by atoms with Gasteiger partial charge < -0.3 is 9.31 Å². The van der Waals surface area contributed by atoms with Gasteiger partial charge in [0.05, 0.1) is 11.2 Å². The first kappa shape index (κ1) is 29.4. The van der Waals surface area contributed by atoms with Gasteiger partial charge in [-0.25, -0.2) is 0 Å². The fraction of sp³-hybridized carbons (Fsp3) is 0.657. The van der Waals surface area contributed by atoms with E-state index in [1.54, 1.807) is 5.56 Å². The lowest BCUT2D eigenvalue weighted by molar-refractivity contribution is 0.00578. The van der Waals surface area contributed by atoms with Crippen LogP contribution in [0.15, 0.2) is 42.5 Å². The first-order valence-corrected chi connectivity index (χ1v) is 15.7. The van der Waals surface area contributed by atoms with Crippen LogP contribution in [0.5, 0.6) is 0 Å². The van der Waals surface area contributed by atoms with Crippen molar-refractivity contribution in [1.82, 2.24) is 0 Å². The standard InChI is InChI=1S/C35H53BO2/c1-9-13-17-26(11-3)24-35(25-27(12-4)18-14-10-2)31-20-16-15-19-29(31)30-22-21-28(23-32(30)35)36-37-33(5,6)34(7,8)38-36/h15-16,19-23,26-27H,9-14,17-18,24-25H2,1-8H3. The van der Waals surface area contributed by atoms with Crippen LogP contribution >= 0.6 is 0 Å². The summed E-state index contributed by atoms with van der Waals surface area (Å²) >= 11 is 0. The van der Waals surface area contributed by atoms with Crippen molar-refractivity contribution in [3.05, 3.63) is 53.6 Å². The van der Waals surface area contributed by atoms with Crippen LogP contribution in [0.3, 0.4) is 0 Å². The molecule has 3 heteroatoms. The monoisotopic (exact) mass is 516 g/mol. The molecule has 2 aromatic carbocycles. The van der Waals surface area contributed by atoms with Crippen molar-refractivity contribution in [3.8, 4) is 11.1 Å². The summed E-state index contributed by atoms with van der Waals surface area (Å²) in [6.45, 7) is 18.1. The number of fused-ring (bicyclic) bond motifs is 3. The lowest BCUT2D eigenvalue weighted by atomic mass is 9.64. The molecule has 1 fully saturated rings. The Hall–Kier alpha value is -1.58. The first-order valence-electron chi connectivity index (χ1n) is 15.7. The van der Waals surface area contributed by atoms with Gasteiger partial charge in [0.2, 0.25) is 0 Å². The van der Waals surface area contributed by atoms with E-state index in [4.69, 9.17) is 9.31 Å². The molecule has 2 nitrogen and oxygen atoms in total. The second-order valence-corrected chi connectivity index (χ2v) is 13.3. The van der Waals surface area contributed by atoms with Crippen LogP contribution in [-0.2, 0) is 14.7 Å². The second kappa shape index (κ2) is 11.9. The average Bonchev–Trinajstić information content (AvgIpc) is 3.30. The highest BCUT2D eigenvalue weighted by molar-refractivity contribution is 6.62. The molecule has 0 N–H and O–H groups in total. The Morgan fingerprint density at radius 2 is 1.21 bits per heavy atom. The van der Waals surface area contributed by atoms with Gasteiger partial charge in [0.1, 0.15) is 0 Å². The molecule has 0 spiro atoms. The number of hydrogen-bond donors (Lipinski definition) is 0. The third-order valence-corrected chi connectivity index (χ3v) is 10.2. The van der Waals surface area contributed by atoms with Gasteiger partial charge >= 0.3 is 7.12 Å². The van der Waals surface area contributed by atoms with E-state index in [9.17, 15) is 0 Å². The summed E-state index contributed by atoms with van der Waals surface area (Å²) in [5, 5.41) is 0. The SMILES string of the molecule is CCCCC(CC)CC1(CC(CC)CCCC)c2ccccc2-c2ccc(B3OC(C)(C)C(C)(C)O3)cc21. The van der Waals surface area contributed by atoms with E-state index in [1.165, 1.54) is 86.4 Å². The van der Waals surface area contributed by atoms with Crippen LogP contribution in [0, 0.1) is 11.8 Å². The number of benzene rings is 2. The highest BCUT2D eigenvalue weighted by atomic mass is 16.7. The van der Waals surface area contributed by atoms with Crippen molar-refractivity contribution < 1.29 is 9.31 Å². The summed E-state index contributed by atoms with van der Waals surface area (Å²) in [6.07, 6.45) is 12.8. The minimum atomic E-state index is -0.336. The molecule has 0 saturated carbocycles. The Labute approximate surface area is 234 Å². The molecule has 2 aliphatic rings. The lowest BCUT2D eigenvalue weighted by Gasteiger charge is -2.39. The van der Waals surface area contributed by atoms with Gasteiger partial charge in [0.25, 0.3) is 0 Å². The normalized spacial score (nSPS) is 22.8. The molecule has 2 unspecified atom stereocenters. The lowest BCUT2D eigenvalue weighted by Crippen LogP contribution is -2.41. The van der Waals surface area contributed by atoms with Crippen LogP contribution in [0.25, 0.3) is 11.1 Å². The Morgan fingerprint density at radius 3 is 1.74 bits per heavy atom. The molecule has 0 amide bonds. The molecule has 1 heterocycles. The Kier molecular flexibility index (Phi) is 9.20. The Morgan fingerprint density at radius 1 is 0.684 bits per heavy atom. The van der Waals surface area contributed by atoms with Crippen molar-refractivity contribution in [1.29, 1.82) is 0 Å². The van der Waals surface area contributed by atoms with Gasteiger partial charge in [-0.15, -0.1) is 0 Å². The third kappa shape index (κ3) is 5.53. The summed E-state index contributed by atoms with van der Waals surface area (Å²) in [5.74, 6) is 1.47. The maximum absolute atomic E-state index is 6.54. The minimum absolute atomic E-state index is 0.0500. The summed E-state index contributed by atoms with van der Waals surface area (Å²) in [6, 6.07) is 16.4. The van der Waals surface area contributed by atoms with Crippen LogP contribution in [0.1, 0.15) is 131 Å². The zero-order chi connectivity index (χ0) is 27.6. The zero-order valence-electron chi connectivity index (χ0n) is 25.7. The van der Waals surface area contributed by atoms with Crippen molar-refractivity contribution >= 4 is 12.6 Å². The highest BCUT2D eigenvalue weighted by Gasteiger charge is 2.52. The molecule has 1 saturated heterocycles. The van der Waals surface area contributed by atoms with Gasteiger partial charge in [-0.05, 0) is 80.1 Å². The van der Waals surface area contributed by atoms with E-state index in [0.717, 1.165) is 11.8 Å². The summed E-state index contributed by atoms with van der Waals surface area (Å²) in [5.41, 5.74) is 6.50. The summed E-state index contributed by atoms with van der Waals surface area (Å²) in [4.78, 5) is 0. The number of rotatable bonds is 13. The molecule has 1 aliphatic heterocycles. The number of hydrogen-bond acceptors (Lipinski definition) is 2. The predicted molar refractivity (Wildman–Crippen MR) is 164 cm³/mol. The summed E-state index contributed by atoms with van der Waals surface area (Å²) in [7, 11) is -0.323. The zero-order valence-corrected chi connectivity index (χ0v) is 25.7. The number of unbranched alkanes of at least 4 members (excludes halogenated alkanes) is 2. The van der Waals surface area contributed by atoms with Gasteiger partial charge in [-0.3, -0.25) is 0 Å². The topological polar surface area (TPSA) is 18.5 Å². The van der Waals surface area contributed by atoms with Gasteiger partial charge in [-0.2, -0.15) is 0 Å². The van der Waals surface area contributed by atoms with Crippen LogP contribution < -0.4 is 5.46 Å². The van der Waals surface area contributed by atoms with Gasteiger partial charge in [-0.1, -0.05) is 122 Å². The maximum atomic E-state index is 6.54. The van der Waals surface area contributed by atoms with E-state index in [2.05, 4.69) is 97.9 Å². The van der Waals surface area contributed by atoms with Gasteiger partial charge in [0, 0.05) is 5.41 Å². The average molecular weight is 517 g/mol. The maximum Gasteiger partial charge on any atom is 0.494 e. The van der Waals surface area contributed by atoms with E-state index < -0.39 is 0 Å². The van der Waals surface area contributed by atoms with Crippen molar-refractivity contribution in [2.24, 2.45) is 11.8 Å². The largest absolute Gasteiger partial charge is 0.494 e. The van der Waals surface area contributed by atoms with Crippen LogP contribution in [0.4, 0.5) is 0 Å². The van der Waals surface area contributed by atoms with Crippen molar-refractivity contribution in [2.45, 2.75) is 136 Å². The van der Waals surface area contributed by atoms with E-state index in [1.807, 2.05) is 0 Å². The molecular formula is C35H53BO2. The Balaban J connectivity index is 1.84. The molecule has 2 atom stereocenters. The minimum Gasteiger partial charge on any atom is -0.399 e. The molecule has 0 radical (unpaired) electrons. The molecule has 2 aromatic rings. The molecule has 38 heavy (non-hydrogen) atoms. The summed E-state index contributed by atoms with van der Waals surface area (Å²) < 4.78 is 13.1. The fourth-order valence-corrected chi connectivity index (χ4v) is 6.99. The first-order chi connectivity index (χ1) is 18.1. The smallest absolute Gasteiger partial charge is 0.399 e. The third-order valence-electron chi connectivity index (χ3n) is 10.2. The molecule has 0 bridgehead atoms. The molecule has 1 aliphatic carbocycles. The van der Waals surface area contributed by atoms with Crippen LogP contribution in [0.2, 0.25) is 0 Å². The molecule has 0 aromatic heterocycles. The second-order valence-electron chi connectivity index (χ2n) is 13.3. The van der Waals surface area contributed by atoms with Crippen molar-refractivity contribution in [2.75, 3.05) is 0 Å². The fourth-order valence-electron chi connectivity index (χ4n) is 6.99. The van der Waals surface area contributed by atoms with Gasteiger partial charge in [0.15, 0.2) is 0 Å². The highest BCUT2D eigenvalue weighted by Crippen LogP contribution is 2.56. The molecular weight excluding hydrogens is 463 g/mol. The van der Waals surface area contributed by atoms with E-state index >= 15 is 0 Å². The van der Waals surface area contributed by atoms with Crippen LogP contribution in [-0.4, -0.2) is 18.3 Å². The Bertz CT molecular complexity index is 1040. The van der Waals surface area contributed by atoms with Crippen molar-refractivity contribution in [3.63, 3.8) is 0 Å².